The highest BCUT2D eigenvalue weighted by atomic mass is 32.2. The molecule has 126 valence electrons. The van der Waals surface area contributed by atoms with Crippen LogP contribution in [0, 0.1) is 16.0 Å². The van der Waals surface area contributed by atoms with Gasteiger partial charge in [0.15, 0.2) is 4.90 Å². The average molecular weight is 347 g/mol. The lowest BCUT2D eigenvalue weighted by Crippen LogP contribution is -2.42. The fourth-order valence-corrected chi connectivity index (χ4v) is 4.70. The third kappa shape index (κ3) is 2.74. The Balaban J connectivity index is 2.15. The molecule has 1 atom stereocenters. The van der Waals surface area contributed by atoms with Gasteiger partial charge in [-0.15, -0.1) is 0 Å². The van der Waals surface area contributed by atoms with Gasteiger partial charge in [0.2, 0.25) is 0 Å². The molecule has 7 nitrogen and oxygen atoms in total. The molecule has 0 bridgehead atoms. The average Bonchev–Trinajstić information content (AvgIpc) is 2.60. The number of nitrogens with two attached hydrogens (primary N) is 1. The van der Waals surface area contributed by atoms with Crippen LogP contribution in [0.25, 0.3) is 0 Å². The van der Waals surface area contributed by atoms with Crippen LogP contribution in [0.15, 0.2) is 53.4 Å². The van der Waals surface area contributed by atoms with Gasteiger partial charge in [0, 0.05) is 12.6 Å². The first-order valence-corrected chi connectivity index (χ1v) is 8.93. The van der Waals surface area contributed by atoms with Crippen molar-refractivity contribution in [3.63, 3.8) is 0 Å². The van der Waals surface area contributed by atoms with Crippen molar-refractivity contribution in [2.45, 2.75) is 11.3 Å². The van der Waals surface area contributed by atoms with E-state index >= 15 is 0 Å². The summed E-state index contributed by atoms with van der Waals surface area (Å²) < 4.78 is 27.5. The summed E-state index contributed by atoms with van der Waals surface area (Å²) in [6.07, 6.45) is 0.690. The van der Waals surface area contributed by atoms with Crippen molar-refractivity contribution < 1.29 is 13.3 Å². The quantitative estimate of drug-likeness (QED) is 0.672. The molecule has 2 aromatic carbocycles. The van der Waals surface area contributed by atoms with Crippen LogP contribution < -0.4 is 10.0 Å². The fourth-order valence-electron chi connectivity index (χ4n) is 2.97. The summed E-state index contributed by atoms with van der Waals surface area (Å²) >= 11 is 0. The molecule has 0 radical (unpaired) electrons. The summed E-state index contributed by atoms with van der Waals surface area (Å²) in [5, 5.41) is 11.2. The second-order valence-corrected chi connectivity index (χ2v) is 7.53. The predicted molar refractivity (Wildman–Crippen MR) is 90.3 cm³/mol. The van der Waals surface area contributed by atoms with Crippen molar-refractivity contribution in [3.05, 3.63) is 64.2 Å². The highest BCUT2D eigenvalue weighted by Crippen LogP contribution is 2.35. The Bertz CT molecular complexity index is 882. The molecule has 3 rings (SSSR count). The molecule has 1 aliphatic heterocycles. The molecule has 0 amide bonds. The number of sulfonamides is 1. The van der Waals surface area contributed by atoms with Crippen LogP contribution in [0.3, 0.4) is 0 Å². The number of nitro benzene ring substituents is 1. The van der Waals surface area contributed by atoms with Gasteiger partial charge in [-0.1, -0.05) is 30.3 Å². The number of hydrogen-bond donors (Lipinski definition) is 1. The van der Waals surface area contributed by atoms with E-state index in [0.717, 1.165) is 5.56 Å². The van der Waals surface area contributed by atoms with Crippen LogP contribution in [-0.2, 0) is 16.4 Å². The zero-order valence-electron chi connectivity index (χ0n) is 12.8. The van der Waals surface area contributed by atoms with Gasteiger partial charge in [-0.3, -0.25) is 14.4 Å². The Hall–Kier alpha value is -2.45. The summed E-state index contributed by atoms with van der Waals surface area (Å²) in [7, 11) is -4.06. The summed E-state index contributed by atoms with van der Waals surface area (Å²) in [5.74, 6) is -0.0301. The third-order valence-corrected chi connectivity index (χ3v) is 5.98. The van der Waals surface area contributed by atoms with E-state index in [4.69, 9.17) is 5.73 Å². The lowest BCUT2D eigenvalue weighted by atomic mass is 9.94. The Morgan fingerprint density at radius 1 is 1.17 bits per heavy atom. The van der Waals surface area contributed by atoms with E-state index in [0.29, 0.717) is 18.7 Å². The molecule has 1 heterocycles. The van der Waals surface area contributed by atoms with Crippen molar-refractivity contribution >= 4 is 21.4 Å². The van der Waals surface area contributed by atoms with Gasteiger partial charge in [-0.05, 0) is 36.6 Å². The number of hydrogen-bond acceptors (Lipinski definition) is 5. The number of nitro groups is 1. The molecule has 2 N–H and O–H groups in total. The van der Waals surface area contributed by atoms with E-state index in [-0.39, 0.29) is 17.4 Å². The predicted octanol–water partition coefficient (Wildman–Crippen LogP) is 1.92. The van der Waals surface area contributed by atoms with Gasteiger partial charge >= 0.3 is 0 Å². The molecular weight excluding hydrogens is 330 g/mol. The number of benzene rings is 2. The minimum Gasteiger partial charge on any atom is -0.330 e. The lowest BCUT2D eigenvalue weighted by molar-refractivity contribution is -0.387. The Morgan fingerprint density at radius 2 is 1.83 bits per heavy atom. The van der Waals surface area contributed by atoms with E-state index in [1.807, 2.05) is 12.1 Å². The van der Waals surface area contributed by atoms with Gasteiger partial charge in [0.1, 0.15) is 0 Å². The van der Waals surface area contributed by atoms with E-state index in [1.54, 1.807) is 12.1 Å². The van der Waals surface area contributed by atoms with Crippen LogP contribution in [0.4, 0.5) is 11.4 Å². The first-order chi connectivity index (χ1) is 11.4. The van der Waals surface area contributed by atoms with Crippen molar-refractivity contribution in [1.82, 2.24) is 0 Å². The minimum atomic E-state index is -4.06. The fraction of sp³-hybridized carbons (Fsp3) is 0.250. The first kappa shape index (κ1) is 16.4. The van der Waals surface area contributed by atoms with Crippen molar-refractivity contribution in [2.75, 3.05) is 17.4 Å². The van der Waals surface area contributed by atoms with Crippen molar-refractivity contribution in [2.24, 2.45) is 11.7 Å². The molecule has 0 spiro atoms. The monoisotopic (exact) mass is 347 g/mol. The molecule has 24 heavy (non-hydrogen) atoms. The third-order valence-electron chi connectivity index (χ3n) is 4.16. The molecule has 1 unspecified atom stereocenters. The Morgan fingerprint density at radius 3 is 2.54 bits per heavy atom. The molecule has 0 saturated carbocycles. The molecule has 0 saturated heterocycles. The molecule has 1 aliphatic rings. The van der Waals surface area contributed by atoms with Gasteiger partial charge in [-0.2, -0.15) is 0 Å². The van der Waals surface area contributed by atoms with Crippen molar-refractivity contribution in [1.29, 1.82) is 0 Å². The first-order valence-electron chi connectivity index (χ1n) is 7.49. The second-order valence-electron chi connectivity index (χ2n) is 5.70. The zero-order chi connectivity index (χ0) is 17.3. The molecule has 0 fully saturated rings. The van der Waals surface area contributed by atoms with Gasteiger partial charge < -0.3 is 5.73 Å². The number of nitrogens with zero attached hydrogens (tertiary/aromatic N) is 2. The topological polar surface area (TPSA) is 107 Å². The van der Waals surface area contributed by atoms with Crippen LogP contribution in [-0.4, -0.2) is 26.4 Å². The van der Waals surface area contributed by atoms with E-state index in [2.05, 4.69) is 0 Å². The largest absolute Gasteiger partial charge is 0.330 e. The maximum absolute atomic E-state index is 13.1. The highest BCUT2D eigenvalue weighted by Gasteiger charge is 2.36. The van der Waals surface area contributed by atoms with E-state index in [1.165, 1.54) is 28.6 Å². The van der Waals surface area contributed by atoms with Gasteiger partial charge in [0.25, 0.3) is 15.7 Å². The standard InChI is InChI=1S/C16H17N3O4S/c17-10-12-9-13-5-1-2-6-14(13)18(11-12)24(22,23)16-8-4-3-7-15(16)19(20)21/h1-8,12H,9-11,17H2. The highest BCUT2D eigenvalue weighted by molar-refractivity contribution is 7.93. The maximum atomic E-state index is 13.1. The zero-order valence-corrected chi connectivity index (χ0v) is 13.6. The number of para-hydroxylation sites is 2. The smallest absolute Gasteiger partial charge is 0.289 e. The Kier molecular flexibility index (Phi) is 4.25. The van der Waals surface area contributed by atoms with Crippen LogP contribution in [0.1, 0.15) is 5.56 Å². The molecule has 2 aromatic rings. The SMILES string of the molecule is NCC1Cc2ccccc2N(S(=O)(=O)c2ccccc2[N+](=O)[O-])C1. The normalized spacial score (nSPS) is 17.4. The summed E-state index contributed by atoms with van der Waals surface area (Å²) in [4.78, 5) is 10.2. The number of fused-ring (bicyclic) bond motifs is 1. The Labute approximate surface area is 139 Å². The number of rotatable bonds is 4. The van der Waals surface area contributed by atoms with Crippen LogP contribution in [0.2, 0.25) is 0 Å². The molecule has 0 aliphatic carbocycles. The van der Waals surface area contributed by atoms with Crippen molar-refractivity contribution in [3.8, 4) is 0 Å². The lowest BCUT2D eigenvalue weighted by Gasteiger charge is -2.34. The number of anilines is 1. The minimum absolute atomic E-state index is 0.0301. The summed E-state index contributed by atoms with van der Waals surface area (Å²) in [6.45, 7) is 0.555. The van der Waals surface area contributed by atoms with Crippen LogP contribution >= 0.6 is 0 Å². The second kappa shape index (κ2) is 6.21. The summed E-state index contributed by atoms with van der Waals surface area (Å²) in [5.41, 5.74) is 6.76. The van der Waals surface area contributed by atoms with Gasteiger partial charge in [-0.25, -0.2) is 8.42 Å². The van der Waals surface area contributed by atoms with E-state index in [9.17, 15) is 18.5 Å². The summed E-state index contributed by atoms with van der Waals surface area (Å²) in [6, 6.07) is 12.6. The maximum Gasteiger partial charge on any atom is 0.289 e. The molecular formula is C16H17N3O4S. The van der Waals surface area contributed by atoms with Crippen LogP contribution in [0.5, 0.6) is 0 Å². The van der Waals surface area contributed by atoms with Gasteiger partial charge in [0.05, 0.1) is 10.6 Å². The molecule has 0 aromatic heterocycles. The molecule has 8 heteroatoms. The van der Waals surface area contributed by atoms with E-state index < -0.39 is 20.6 Å².